The Morgan fingerprint density at radius 2 is 1.67 bits per heavy atom. The van der Waals surface area contributed by atoms with Gasteiger partial charge in [0, 0.05) is 18.7 Å². The SMILES string of the molecule is NNC(=O)C1CCCN(C(=O)c2ccc(-c3ccccc3)cc2)C1. The number of nitrogens with two attached hydrogens (primary N) is 1. The first-order valence-corrected chi connectivity index (χ1v) is 8.14. The lowest BCUT2D eigenvalue weighted by Crippen LogP contribution is -2.46. The first-order chi connectivity index (χ1) is 11.7. The largest absolute Gasteiger partial charge is 0.338 e. The number of hydrogen-bond acceptors (Lipinski definition) is 3. The summed E-state index contributed by atoms with van der Waals surface area (Å²) < 4.78 is 0. The minimum absolute atomic E-state index is 0.0378. The van der Waals surface area contributed by atoms with Gasteiger partial charge in [-0.25, -0.2) is 5.84 Å². The van der Waals surface area contributed by atoms with Gasteiger partial charge in [0.1, 0.15) is 0 Å². The molecule has 0 aromatic heterocycles. The van der Waals surface area contributed by atoms with Crippen LogP contribution in [-0.4, -0.2) is 29.8 Å². The van der Waals surface area contributed by atoms with Crippen molar-refractivity contribution in [2.24, 2.45) is 11.8 Å². The van der Waals surface area contributed by atoms with E-state index >= 15 is 0 Å². The molecule has 1 atom stereocenters. The van der Waals surface area contributed by atoms with Gasteiger partial charge < -0.3 is 4.90 Å². The fourth-order valence-corrected chi connectivity index (χ4v) is 3.11. The number of likely N-dealkylation sites (tertiary alicyclic amines) is 1. The number of hydrogen-bond donors (Lipinski definition) is 2. The maximum absolute atomic E-state index is 12.7. The van der Waals surface area contributed by atoms with Gasteiger partial charge in [-0.15, -0.1) is 0 Å². The Balaban J connectivity index is 1.72. The zero-order chi connectivity index (χ0) is 16.9. The fraction of sp³-hybridized carbons (Fsp3) is 0.263. The molecule has 5 heteroatoms. The van der Waals surface area contributed by atoms with Gasteiger partial charge in [-0.05, 0) is 36.1 Å². The average Bonchev–Trinajstić information content (AvgIpc) is 2.67. The Labute approximate surface area is 141 Å². The monoisotopic (exact) mass is 323 g/mol. The smallest absolute Gasteiger partial charge is 0.253 e. The highest BCUT2D eigenvalue weighted by atomic mass is 16.2. The van der Waals surface area contributed by atoms with E-state index in [4.69, 9.17) is 5.84 Å². The van der Waals surface area contributed by atoms with Crippen LogP contribution in [0.3, 0.4) is 0 Å². The summed E-state index contributed by atoms with van der Waals surface area (Å²) in [7, 11) is 0. The topological polar surface area (TPSA) is 75.4 Å². The van der Waals surface area contributed by atoms with Gasteiger partial charge in [0.05, 0.1) is 5.92 Å². The molecule has 1 unspecified atom stereocenters. The molecule has 1 fully saturated rings. The molecule has 1 aliphatic heterocycles. The first kappa shape index (κ1) is 16.2. The summed E-state index contributed by atoms with van der Waals surface area (Å²) in [5, 5.41) is 0. The van der Waals surface area contributed by atoms with Crippen LogP contribution < -0.4 is 11.3 Å². The molecule has 1 aliphatic rings. The number of nitrogens with zero attached hydrogens (tertiary/aromatic N) is 1. The first-order valence-electron chi connectivity index (χ1n) is 8.14. The molecule has 3 rings (SSSR count). The molecule has 2 amide bonds. The Morgan fingerprint density at radius 3 is 2.33 bits per heavy atom. The van der Waals surface area contributed by atoms with Crippen LogP contribution in [0, 0.1) is 5.92 Å². The van der Waals surface area contributed by atoms with Crippen molar-refractivity contribution < 1.29 is 9.59 Å². The van der Waals surface area contributed by atoms with E-state index in [0.29, 0.717) is 18.7 Å². The molecule has 0 spiro atoms. The Kier molecular flexibility index (Phi) is 4.91. The van der Waals surface area contributed by atoms with Crippen LogP contribution in [0.5, 0.6) is 0 Å². The molecule has 5 nitrogen and oxygen atoms in total. The summed E-state index contributed by atoms with van der Waals surface area (Å²) in [6.07, 6.45) is 1.58. The van der Waals surface area contributed by atoms with E-state index < -0.39 is 0 Å². The molecule has 0 saturated carbocycles. The molecule has 124 valence electrons. The van der Waals surface area contributed by atoms with E-state index in [1.807, 2.05) is 54.6 Å². The third-order valence-corrected chi connectivity index (χ3v) is 4.46. The van der Waals surface area contributed by atoms with Crippen LogP contribution in [0.25, 0.3) is 11.1 Å². The predicted molar refractivity (Wildman–Crippen MR) is 92.8 cm³/mol. The number of benzene rings is 2. The molecular weight excluding hydrogens is 302 g/mol. The van der Waals surface area contributed by atoms with Crippen molar-refractivity contribution in [2.75, 3.05) is 13.1 Å². The minimum Gasteiger partial charge on any atom is -0.338 e. The Bertz CT molecular complexity index is 713. The van der Waals surface area contributed by atoms with Crippen LogP contribution in [-0.2, 0) is 4.79 Å². The number of hydrazine groups is 1. The van der Waals surface area contributed by atoms with Crippen molar-refractivity contribution in [3.05, 3.63) is 60.2 Å². The van der Waals surface area contributed by atoms with Crippen molar-refractivity contribution in [1.29, 1.82) is 0 Å². The van der Waals surface area contributed by atoms with Gasteiger partial charge in [0.15, 0.2) is 0 Å². The number of rotatable bonds is 3. The van der Waals surface area contributed by atoms with E-state index in [9.17, 15) is 9.59 Å². The van der Waals surface area contributed by atoms with Crippen LogP contribution in [0.4, 0.5) is 0 Å². The summed E-state index contributed by atoms with van der Waals surface area (Å²) in [6, 6.07) is 17.6. The number of nitrogens with one attached hydrogen (secondary N) is 1. The highest BCUT2D eigenvalue weighted by Crippen LogP contribution is 2.22. The third kappa shape index (κ3) is 3.46. The molecule has 0 radical (unpaired) electrons. The number of carbonyl (C=O) groups excluding carboxylic acids is 2. The van der Waals surface area contributed by atoms with Gasteiger partial charge in [0.2, 0.25) is 5.91 Å². The highest BCUT2D eigenvalue weighted by molar-refractivity contribution is 5.95. The predicted octanol–water partition coefficient (Wildman–Crippen LogP) is 2.20. The normalized spacial score (nSPS) is 17.4. The van der Waals surface area contributed by atoms with E-state index in [1.165, 1.54) is 0 Å². The van der Waals surface area contributed by atoms with Gasteiger partial charge in [0.25, 0.3) is 5.91 Å². The summed E-state index contributed by atoms with van der Waals surface area (Å²) in [4.78, 5) is 26.1. The summed E-state index contributed by atoms with van der Waals surface area (Å²) >= 11 is 0. The average molecular weight is 323 g/mol. The molecular formula is C19H21N3O2. The van der Waals surface area contributed by atoms with Crippen molar-refractivity contribution >= 4 is 11.8 Å². The lowest BCUT2D eigenvalue weighted by atomic mass is 9.96. The van der Waals surface area contributed by atoms with Crippen molar-refractivity contribution in [2.45, 2.75) is 12.8 Å². The van der Waals surface area contributed by atoms with E-state index in [0.717, 1.165) is 24.0 Å². The Morgan fingerprint density at radius 1 is 1.00 bits per heavy atom. The zero-order valence-electron chi connectivity index (χ0n) is 13.4. The van der Waals surface area contributed by atoms with Crippen LogP contribution in [0.2, 0.25) is 0 Å². The van der Waals surface area contributed by atoms with Gasteiger partial charge in [-0.3, -0.25) is 15.0 Å². The number of amides is 2. The summed E-state index contributed by atoms with van der Waals surface area (Å²) in [5.74, 6) is 4.74. The number of carbonyl (C=O) groups is 2. The van der Waals surface area contributed by atoms with Gasteiger partial charge in [-0.2, -0.15) is 0 Å². The lowest BCUT2D eigenvalue weighted by molar-refractivity contribution is -0.126. The number of piperidine rings is 1. The highest BCUT2D eigenvalue weighted by Gasteiger charge is 2.28. The van der Waals surface area contributed by atoms with E-state index in [2.05, 4.69) is 5.43 Å². The molecule has 2 aromatic carbocycles. The molecule has 0 aliphatic carbocycles. The van der Waals surface area contributed by atoms with E-state index in [-0.39, 0.29) is 17.7 Å². The minimum atomic E-state index is -0.226. The van der Waals surface area contributed by atoms with Gasteiger partial charge in [-0.1, -0.05) is 42.5 Å². The molecule has 0 bridgehead atoms. The van der Waals surface area contributed by atoms with Crippen molar-refractivity contribution in [1.82, 2.24) is 10.3 Å². The molecule has 2 aromatic rings. The Hall–Kier alpha value is -2.66. The molecule has 1 saturated heterocycles. The van der Waals surface area contributed by atoms with Crippen molar-refractivity contribution in [3.8, 4) is 11.1 Å². The molecule has 3 N–H and O–H groups in total. The summed E-state index contributed by atoms with van der Waals surface area (Å²) in [5.41, 5.74) is 5.02. The van der Waals surface area contributed by atoms with Crippen LogP contribution in [0.1, 0.15) is 23.2 Å². The second-order valence-electron chi connectivity index (χ2n) is 6.04. The molecule has 1 heterocycles. The molecule has 24 heavy (non-hydrogen) atoms. The maximum atomic E-state index is 12.7. The summed E-state index contributed by atoms with van der Waals surface area (Å²) in [6.45, 7) is 1.09. The third-order valence-electron chi connectivity index (χ3n) is 4.46. The zero-order valence-corrected chi connectivity index (χ0v) is 13.4. The lowest BCUT2D eigenvalue weighted by Gasteiger charge is -2.31. The second kappa shape index (κ2) is 7.27. The second-order valence-corrected chi connectivity index (χ2v) is 6.04. The van der Waals surface area contributed by atoms with Gasteiger partial charge >= 0.3 is 0 Å². The van der Waals surface area contributed by atoms with Crippen molar-refractivity contribution in [3.63, 3.8) is 0 Å². The van der Waals surface area contributed by atoms with Crippen LogP contribution >= 0.6 is 0 Å². The maximum Gasteiger partial charge on any atom is 0.253 e. The van der Waals surface area contributed by atoms with Crippen LogP contribution in [0.15, 0.2) is 54.6 Å². The standard InChI is InChI=1S/C19H21N3O2/c20-21-18(23)17-7-4-12-22(13-17)19(24)16-10-8-15(9-11-16)14-5-2-1-3-6-14/h1-3,5-6,8-11,17H,4,7,12-13,20H2,(H,21,23). The quantitative estimate of drug-likeness (QED) is 0.516. The fourth-order valence-electron chi connectivity index (χ4n) is 3.11. The van der Waals surface area contributed by atoms with E-state index in [1.54, 1.807) is 4.90 Å².